The van der Waals surface area contributed by atoms with Crippen molar-refractivity contribution in [3.05, 3.63) is 53.6 Å². The molecule has 7 nitrogen and oxygen atoms in total. The molecule has 0 unspecified atom stereocenters. The largest absolute Gasteiger partial charge is 0.490 e. The Labute approximate surface area is 164 Å². The molecule has 150 valence electrons. The van der Waals surface area contributed by atoms with E-state index >= 15 is 0 Å². The summed E-state index contributed by atoms with van der Waals surface area (Å²) < 4.78 is 16.2. The first-order valence-corrected chi connectivity index (χ1v) is 9.03. The summed E-state index contributed by atoms with van der Waals surface area (Å²) in [6, 6.07) is 12.1. The van der Waals surface area contributed by atoms with Crippen molar-refractivity contribution in [2.45, 2.75) is 20.4 Å². The van der Waals surface area contributed by atoms with Crippen LogP contribution in [0.1, 0.15) is 29.8 Å². The van der Waals surface area contributed by atoms with Gasteiger partial charge in [-0.15, -0.1) is 0 Å². The number of carbonyl (C=O) groups is 2. The predicted molar refractivity (Wildman–Crippen MR) is 104 cm³/mol. The zero-order valence-electron chi connectivity index (χ0n) is 16.3. The molecule has 0 saturated heterocycles. The summed E-state index contributed by atoms with van der Waals surface area (Å²) in [5.41, 5.74) is 1.41. The maximum absolute atomic E-state index is 12.8. The number of rotatable bonds is 10. The summed E-state index contributed by atoms with van der Waals surface area (Å²) in [7, 11) is 1.72. The van der Waals surface area contributed by atoms with E-state index in [0.29, 0.717) is 42.6 Å². The molecule has 1 N–H and O–H groups in total. The van der Waals surface area contributed by atoms with E-state index in [9.17, 15) is 9.59 Å². The van der Waals surface area contributed by atoms with Gasteiger partial charge in [-0.2, -0.15) is 0 Å². The summed E-state index contributed by atoms with van der Waals surface area (Å²) in [5.74, 6) is 0.448. The molecule has 0 spiro atoms. The van der Waals surface area contributed by atoms with Crippen molar-refractivity contribution in [3.63, 3.8) is 0 Å². The van der Waals surface area contributed by atoms with Crippen molar-refractivity contribution < 1.29 is 28.9 Å². The van der Waals surface area contributed by atoms with Crippen molar-refractivity contribution in [3.8, 4) is 17.2 Å². The second-order valence-corrected chi connectivity index (χ2v) is 6.02. The van der Waals surface area contributed by atoms with E-state index in [4.69, 9.17) is 19.3 Å². The van der Waals surface area contributed by atoms with Crippen LogP contribution in [-0.4, -0.2) is 48.8 Å². The summed E-state index contributed by atoms with van der Waals surface area (Å²) in [6.07, 6.45) is 0. The standard InChI is InChI=1S/C21H25NO6/c1-4-26-18-11-8-16(12-19(18)27-5-2)21(25)22(3)13-15-6-9-17(10-7-15)28-14-20(23)24/h6-12H,4-5,13-14H2,1-3H3,(H,23,24). The Bertz CT molecular complexity index is 803. The van der Waals surface area contributed by atoms with Gasteiger partial charge < -0.3 is 24.2 Å². The van der Waals surface area contributed by atoms with Gasteiger partial charge in [0.25, 0.3) is 5.91 Å². The highest BCUT2D eigenvalue weighted by atomic mass is 16.5. The number of aliphatic carboxylic acids is 1. The van der Waals surface area contributed by atoms with Crippen molar-refractivity contribution in [2.75, 3.05) is 26.9 Å². The van der Waals surface area contributed by atoms with Crippen LogP contribution in [-0.2, 0) is 11.3 Å². The number of carboxylic acid groups (broad SMARTS) is 1. The molecule has 1 amide bonds. The number of ether oxygens (including phenoxy) is 3. The Kier molecular flexibility index (Phi) is 7.68. The molecule has 0 bridgehead atoms. The number of hydrogen-bond acceptors (Lipinski definition) is 5. The first-order chi connectivity index (χ1) is 13.4. The summed E-state index contributed by atoms with van der Waals surface area (Å²) in [6.45, 7) is 4.76. The van der Waals surface area contributed by atoms with Crippen LogP contribution in [0.15, 0.2) is 42.5 Å². The van der Waals surface area contributed by atoms with E-state index in [1.807, 2.05) is 13.8 Å². The van der Waals surface area contributed by atoms with Gasteiger partial charge in [0.05, 0.1) is 13.2 Å². The Hall–Kier alpha value is -3.22. The molecule has 0 aliphatic heterocycles. The van der Waals surface area contributed by atoms with Gasteiger partial charge in [0.1, 0.15) is 5.75 Å². The molecule has 7 heteroatoms. The summed E-state index contributed by atoms with van der Waals surface area (Å²) in [4.78, 5) is 24.9. The third-order valence-corrected chi connectivity index (χ3v) is 3.84. The van der Waals surface area contributed by atoms with Crippen LogP contribution in [0.4, 0.5) is 0 Å². The quantitative estimate of drug-likeness (QED) is 0.674. The third kappa shape index (κ3) is 5.90. The van der Waals surface area contributed by atoms with Crippen LogP contribution in [0.25, 0.3) is 0 Å². The highest BCUT2D eigenvalue weighted by molar-refractivity contribution is 5.94. The minimum atomic E-state index is -1.03. The summed E-state index contributed by atoms with van der Waals surface area (Å²) in [5, 5.41) is 8.63. The van der Waals surface area contributed by atoms with E-state index in [1.165, 1.54) is 0 Å². The second-order valence-electron chi connectivity index (χ2n) is 6.02. The summed E-state index contributed by atoms with van der Waals surface area (Å²) >= 11 is 0. The smallest absolute Gasteiger partial charge is 0.341 e. The lowest BCUT2D eigenvalue weighted by atomic mass is 10.1. The zero-order chi connectivity index (χ0) is 20.5. The Morgan fingerprint density at radius 2 is 1.57 bits per heavy atom. The molecule has 0 aromatic heterocycles. The van der Waals surface area contributed by atoms with Gasteiger partial charge in [-0.3, -0.25) is 4.79 Å². The van der Waals surface area contributed by atoms with E-state index in [1.54, 1.807) is 54.4 Å². The average Bonchev–Trinajstić information content (AvgIpc) is 2.68. The molecule has 28 heavy (non-hydrogen) atoms. The van der Waals surface area contributed by atoms with Gasteiger partial charge in [0.15, 0.2) is 18.1 Å². The van der Waals surface area contributed by atoms with Gasteiger partial charge in [-0.25, -0.2) is 4.79 Å². The van der Waals surface area contributed by atoms with Crippen molar-refractivity contribution in [2.24, 2.45) is 0 Å². The highest BCUT2D eigenvalue weighted by Crippen LogP contribution is 2.29. The van der Waals surface area contributed by atoms with Crippen molar-refractivity contribution in [1.82, 2.24) is 4.90 Å². The molecule has 0 saturated carbocycles. The fourth-order valence-corrected chi connectivity index (χ4v) is 2.59. The number of hydrogen-bond donors (Lipinski definition) is 1. The maximum Gasteiger partial charge on any atom is 0.341 e. The molecule has 0 aliphatic rings. The lowest BCUT2D eigenvalue weighted by Gasteiger charge is -2.19. The van der Waals surface area contributed by atoms with Gasteiger partial charge in [-0.05, 0) is 49.7 Å². The molecular weight excluding hydrogens is 362 g/mol. The Morgan fingerprint density at radius 3 is 2.18 bits per heavy atom. The Balaban J connectivity index is 2.05. The fraction of sp³-hybridized carbons (Fsp3) is 0.333. The normalized spacial score (nSPS) is 10.2. The molecular formula is C21H25NO6. The van der Waals surface area contributed by atoms with Crippen LogP contribution >= 0.6 is 0 Å². The highest BCUT2D eigenvalue weighted by Gasteiger charge is 2.15. The van der Waals surface area contributed by atoms with Gasteiger partial charge in [0, 0.05) is 19.2 Å². The number of carbonyl (C=O) groups excluding carboxylic acids is 1. The molecule has 2 aromatic rings. The topological polar surface area (TPSA) is 85.3 Å². The molecule has 0 radical (unpaired) electrons. The van der Waals surface area contributed by atoms with Crippen LogP contribution in [0, 0.1) is 0 Å². The molecule has 2 aromatic carbocycles. The van der Waals surface area contributed by atoms with Gasteiger partial charge >= 0.3 is 5.97 Å². The lowest BCUT2D eigenvalue weighted by Crippen LogP contribution is -2.26. The van der Waals surface area contributed by atoms with Gasteiger partial charge in [-0.1, -0.05) is 12.1 Å². The molecule has 0 heterocycles. The zero-order valence-corrected chi connectivity index (χ0v) is 16.3. The van der Waals surface area contributed by atoms with Crippen LogP contribution < -0.4 is 14.2 Å². The van der Waals surface area contributed by atoms with Crippen molar-refractivity contribution >= 4 is 11.9 Å². The fourth-order valence-electron chi connectivity index (χ4n) is 2.59. The maximum atomic E-state index is 12.8. The van der Waals surface area contributed by atoms with Crippen LogP contribution in [0.3, 0.4) is 0 Å². The lowest BCUT2D eigenvalue weighted by molar-refractivity contribution is -0.139. The molecule has 0 aliphatic carbocycles. The first kappa shape index (κ1) is 21.1. The third-order valence-electron chi connectivity index (χ3n) is 3.84. The number of amides is 1. The number of carboxylic acids is 1. The van der Waals surface area contributed by atoms with Gasteiger partial charge in [0.2, 0.25) is 0 Å². The van der Waals surface area contributed by atoms with Crippen molar-refractivity contribution in [1.29, 1.82) is 0 Å². The van der Waals surface area contributed by atoms with E-state index < -0.39 is 12.6 Å². The first-order valence-electron chi connectivity index (χ1n) is 9.03. The Morgan fingerprint density at radius 1 is 0.929 bits per heavy atom. The SMILES string of the molecule is CCOc1ccc(C(=O)N(C)Cc2ccc(OCC(=O)O)cc2)cc1OCC. The predicted octanol–water partition coefficient (Wildman–Crippen LogP) is 3.22. The second kappa shape index (κ2) is 10.2. The van der Waals surface area contributed by atoms with E-state index in [0.717, 1.165) is 5.56 Å². The minimum Gasteiger partial charge on any atom is -0.490 e. The number of benzene rings is 2. The monoisotopic (exact) mass is 387 g/mol. The minimum absolute atomic E-state index is 0.143. The molecule has 0 atom stereocenters. The van der Waals surface area contributed by atoms with Crippen LogP contribution in [0.2, 0.25) is 0 Å². The number of nitrogens with zero attached hydrogens (tertiary/aromatic N) is 1. The molecule has 2 rings (SSSR count). The van der Waals surface area contributed by atoms with E-state index in [2.05, 4.69) is 0 Å². The van der Waals surface area contributed by atoms with E-state index in [-0.39, 0.29) is 5.91 Å². The van der Waals surface area contributed by atoms with Crippen LogP contribution in [0.5, 0.6) is 17.2 Å². The molecule has 0 fully saturated rings. The average molecular weight is 387 g/mol.